The summed E-state index contributed by atoms with van der Waals surface area (Å²) in [6, 6.07) is 14.2. The highest BCUT2D eigenvalue weighted by molar-refractivity contribution is 5.96. The zero-order valence-electron chi connectivity index (χ0n) is 17.7. The van der Waals surface area contributed by atoms with Gasteiger partial charge in [0.05, 0.1) is 12.2 Å². The number of carbonyl (C=O) groups is 2. The van der Waals surface area contributed by atoms with Crippen LogP contribution >= 0.6 is 0 Å². The van der Waals surface area contributed by atoms with Gasteiger partial charge < -0.3 is 15.0 Å². The average molecular weight is 435 g/mol. The molecule has 0 saturated heterocycles. The molecular weight excluding hydrogens is 413 g/mol. The second-order valence-electron chi connectivity index (χ2n) is 7.18. The number of rotatable bonds is 6. The van der Waals surface area contributed by atoms with Gasteiger partial charge in [-0.3, -0.25) is 4.79 Å². The van der Waals surface area contributed by atoms with Crippen LogP contribution in [0.25, 0.3) is 0 Å². The molecule has 0 unspecified atom stereocenters. The van der Waals surface area contributed by atoms with Crippen molar-refractivity contribution in [2.75, 3.05) is 23.4 Å². The monoisotopic (exact) mass is 435 g/mol. The number of carbonyl (C=O) groups excluding carboxylic acids is 2. The molecule has 1 amide bonds. The summed E-state index contributed by atoms with van der Waals surface area (Å²) in [5.41, 5.74) is 2.13. The van der Waals surface area contributed by atoms with Crippen molar-refractivity contribution in [3.8, 4) is 0 Å². The van der Waals surface area contributed by atoms with Crippen LogP contribution in [0.3, 0.4) is 0 Å². The number of nitrogens with zero attached hydrogens (tertiary/aromatic N) is 4. The summed E-state index contributed by atoms with van der Waals surface area (Å²) in [6.07, 6.45) is 1.36. The molecule has 0 spiro atoms. The van der Waals surface area contributed by atoms with E-state index in [-0.39, 0.29) is 24.9 Å². The molecule has 8 nitrogen and oxygen atoms in total. The fourth-order valence-electron chi connectivity index (χ4n) is 3.71. The van der Waals surface area contributed by atoms with Crippen LogP contribution in [0.2, 0.25) is 0 Å². The zero-order chi connectivity index (χ0) is 22.7. The van der Waals surface area contributed by atoms with E-state index in [2.05, 4.69) is 15.4 Å². The van der Waals surface area contributed by atoms with Crippen molar-refractivity contribution in [2.45, 2.75) is 19.9 Å². The largest absolute Gasteiger partial charge is 0.463 e. The van der Waals surface area contributed by atoms with Crippen molar-refractivity contribution in [3.05, 3.63) is 83.6 Å². The Hall–Kier alpha value is -4.01. The number of amides is 1. The van der Waals surface area contributed by atoms with E-state index in [4.69, 9.17) is 4.74 Å². The third-order valence-corrected chi connectivity index (χ3v) is 5.15. The predicted octanol–water partition coefficient (Wildman–Crippen LogP) is 3.30. The molecule has 1 aliphatic rings. The number of halogens is 1. The van der Waals surface area contributed by atoms with E-state index < -0.39 is 12.0 Å². The van der Waals surface area contributed by atoms with Crippen LogP contribution in [0.15, 0.2) is 72.2 Å². The Morgan fingerprint density at radius 2 is 1.84 bits per heavy atom. The Bertz CT molecular complexity index is 1160. The lowest BCUT2D eigenvalue weighted by Gasteiger charge is -2.35. The first-order chi connectivity index (χ1) is 15.5. The molecule has 2 heterocycles. The van der Waals surface area contributed by atoms with Crippen molar-refractivity contribution < 1.29 is 18.7 Å². The maximum absolute atomic E-state index is 13.5. The van der Waals surface area contributed by atoms with Crippen LogP contribution < -0.4 is 10.2 Å². The normalized spacial score (nSPS) is 15.3. The minimum absolute atomic E-state index is 0.0849. The van der Waals surface area contributed by atoms with Gasteiger partial charge in [0.1, 0.15) is 24.7 Å². The van der Waals surface area contributed by atoms with E-state index in [1.54, 1.807) is 47.7 Å². The number of esters is 1. The molecule has 1 atom stereocenters. The van der Waals surface area contributed by atoms with E-state index in [9.17, 15) is 14.0 Å². The molecule has 0 saturated carbocycles. The highest BCUT2D eigenvalue weighted by Crippen LogP contribution is 2.38. The Morgan fingerprint density at radius 3 is 2.53 bits per heavy atom. The van der Waals surface area contributed by atoms with Gasteiger partial charge in [-0.2, -0.15) is 10.1 Å². The van der Waals surface area contributed by atoms with Gasteiger partial charge >= 0.3 is 5.97 Å². The summed E-state index contributed by atoms with van der Waals surface area (Å²) in [6.45, 7) is 3.55. The van der Waals surface area contributed by atoms with Crippen molar-refractivity contribution >= 4 is 23.5 Å². The standard InChI is InChI=1S/C23H22FN5O3/c1-3-32-22(31)20-15(2)28(13-19(30)27-18-7-5-4-6-8-18)23-25-14-26-29(23)21(20)16-9-11-17(24)12-10-16/h4-12,14,21H,3,13H2,1-2H3,(H,27,30)/t21-/m1/s1. The summed E-state index contributed by atoms with van der Waals surface area (Å²) in [5, 5.41) is 7.13. The summed E-state index contributed by atoms with van der Waals surface area (Å²) < 4.78 is 20.4. The molecule has 0 radical (unpaired) electrons. The van der Waals surface area contributed by atoms with Crippen molar-refractivity contribution in [2.24, 2.45) is 0 Å². The molecule has 3 aromatic rings. The number of fused-ring (bicyclic) bond motifs is 1. The molecule has 0 bridgehead atoms. The average Bonchev–Trinajstić information content (AvgIpc) is 3.26. The lowest BCUT2D eigenvalue weighted by atomic mass is 9.95. The topological polar surface area (TPSA) is 89.3 Å². The molecule has 4 rings (SSSR count). The number of hydrogen-bond acceptors (Lipinski definition) is 6. The van der Waals surface area contributed by atoms with Gasteiger partial charge in [-0.25, -0.2) is 13.9 Å². The Labute approximate surface area is 184 Å². The second kappa shape index (κ2) is 9.01. The van der Waals surface area contributed by atoms with Crippen molar-refractivity contribution in [1.82, 2.24) is 14.8 Å². The predicted molar refractivity (Wildman–Crippen MR) is 116 cm³/mol. The molecule has 0 fully saturated rings. The van der Waals surface area contributed by atoms with Crippen LogP contribution in [-0.4, -0.2) is 39.8 Å². The van der Waals surface area contributed by atoms with E-state index in [0.717, 1.165) is 0 Å². The van der Waals surface area contributed by atoms with Gasteiger partial charge in [-0.1, -0.05) is 30.3 Å². The van der Waals surface area contributed by atoms with Gasteiger partial charge in [0.15, 0.2) is 0 Å². The molecule has 0 aliphatic carbocycles. The van der Waals surface area contributed by atoms with E-state index in [1.807, 2.05) is 18.2 Å². The minimum atomic E-state index is -0.666. The SMILES string of the molecule is CCOC(=O)C1=C(C)N(CC(=O)Nc2ccccc2)c2ncnn2[C@@H]1c1ccc(F)cc1. The summed E-state index contributed by atoms with van der Waals surface area (Å²) in [7, 11) is 0. The van der Waals surface area contributed by atoms with Crippen LogP contribution in [0, 0.1) is 5.82 Å². The highest BCUT2D eigenvalue weighted by Gasteiger charge is 2.38. The summed E-state index contributed by atoms with van der Waals surface area (Å²) in [4.78, 5) is 31.7. The fourth-order valence-corrected chi connectivity index (χ4v) is 3.71. The van der Waals surface area contributed by atoms with Gasteiger partial charge in [0, 0.05) is 11.4 Å². The highest BCUT2D eigenvalue weighted by atomic mass is 19.1. The van der Waals surface area contributed by atoms with Crippen LogP contribution in [-0.2, 0) is 14.3 Å². The van der Waals surface area contributed by atoms with Gasteiger partial charge in [-0.15, -0.1) is 0 Å². The minimum Gasteiger partial charge on any atom is -0.463 e. The maximum Gasteiger partial charge on any atom is 0.338 e. The molecule has 32 heavy (non-hydrogen) atoms. The van der Waals surface area contributed by atoms with Crippen LogP contribution in [0.1, 0.15) is 25.5 Å². The molecule has 9 heteroatoms. The number of nitrogens with one attached hydrogen (secondary N) is 1. The van der Waals surface area contributed by atoms with Crippen molar-refractivity contribution in [3.63, 3.8) is 0 Å². The Balaban J connectivity index is 1.74. The Kier molecular flexibility index (Phi) is 5.98. The molecule has 1 aromatic heterocycles. The van der Waals surface area contributed by atoms with E-state index in [0.29, 0.717) is 28.5 Å². The molecule has 1 N–H and O–H groups in total. The first-order valence-electron chi connectivity index (χ1n) is 10.1. The van der Waals surface area contributed by atoms with Gasteiger partial charge in [-0.05, 0) is 43.7 Å². The molecule has 164 valence electrons. The smallest absolute Gasteiger partial charge is 0.338 e. The third-order valence-electron chi connectivity index (χ3n) is 5.15. The number of anilines is 2. The number of ether oxygens (including phenoxy) is 1. The third kappa shape index (κ3) is 4.09. The van der Waals surface area contributed by atoms with Crippen LogP contribution in [0.5, 0.6) is 0 Å². The van der Waals surface area contributed by atoms with E-state index >= 15 is 0 Å². The number of aromatic nitrogens is 3. The first-order valence-corrected chi connectivity index (χ1v) is 10.1. The first kappa shape index (κ1) is 21.2. The summed E-state index contributed by atoms with van der Waals surface area (Å²) in [5.74, 6) is -0.809. The maximum atomic E-state index is 13.5. The number of benzene rings is 2. The number of allylic oxidation sites excluding steroid dienone is 1. The van der Waals surface area contributed by atoms with Crippen molar-refractivity contribution in [1.29, 1.82) is 0 Å². The number of hydrogen-bond donors (Lipinski definition) is 1. The lowest BCUT2D eigenvalue weighted by Crippen LogP contribution is -2.40. The number of para-hydroxylation sites is 1. The van der Waals surface area contributed by atoms with Gasteiger partial charge in [0.25, 0.3) is 0 Å². The lowest BCUT2D eigenvalue weighted by molar-refractivity contribution is -0.139. The quantitative estimate of drug-likeness (QED) is 0.598. The molecular formula is C23H22FN5O3. The van der Waals surface area contributed by atoms with E-state index in [1.165, 1.54) is 18.5 Å². The summed E-state index contributed by atoms with van der Waals surface area (Å²) >= 11 is 0. The zero-order valence-corrected chi connectivity index (χ0v) is 17.7. The fraction of sp³-hybridized carbons (Fsp3) is 0.217. The molecule has 1 aliphatic heterocycles. The van der Waals surface area contributed by atoms with Crippen LogP contribution in [0.4, 0.5) is 16.0 Å². The second-order valence-corrected chi connectivity index (χ2v) is 7.18. The molecule has 2 aromatic carbocycles. The Morgan fingerprint density at radius 1 is 1.12 bits per heavy atom. The van der Waals surface area contributed by atoms with Gasteiger partial charge in [0.2, 0.25) is 11.9 Å².